The molecule has 0 radical (unpaired) electrons. The van der Waals surface area contributed by atoms with E-state index in [1.54, 1.807) is 0 Å². The summed E-state index contributed by atoms with van der Waals surface area (Å²) in [6.45, 7) is 6.55. The summed E-state index contributed by atoms with van der Waals surface area (Å²) in [5.41, 5.74) is 2.54. The lowest BCUT2D eigenvalue weighted by Crippen LogP contribution is -2.37. The predicted octanol–water partition coefficient (Wildman–Crippen LogP) is 3.22. The molecule has 1 fully saturated rings. The number of anilines is 2. The van der Waals surface area contributed by atoms with Crippen molar-refractivity contribution in [2.45, 2.75) is 26.2 Å². The van der Waals surface area contributed by atoms with Crippen molar-refractivity contribution in [2.75, 3.05) is 50.5 Å². The molecule has 3 rings (SSSR count). The topological polar surface area (TPSA) is 44.3 Å². The first kappa shape index (κ1) is 18.6. The van der Waals surface area contributed by atoms with Crippen LogP contribution in [0, 0.1) is 12.8 Å². The van der Waals surface area contributed by atoms with Gasteiger partial charge in [-0.2, -0.15) is 4.98 Å². The SMILES string of the molecule is Cc1cnc(NCC2CCN(CCc3ccccc3)CC2)nc1N(C)C. The minimum Gasteiger partial charge on any atom is -0.362 e. The maximum Gasteiger partial charge on any atom is 0.224 e. The van der Waals surface area contributed by atoms with Crippen LogP contribution in [0.25, 0.3) is 0 Å². The largest absolute Gasteiger partial charge is 0.362 e. The zero-order valence-corrected chi connectivity index (χ0v) is 16.3. The summed E-state index contributed by atoms with van der Waals surface area (Å²) < 4.78 is 0. The van der Waals surface area contributed by atoms with Crippen LogP contribution in [-0.2, 0) is 6.42 Å². The van der Waals surface area contributed by atoms with Gasteiger partial charge in [0.1, 0.15) is 5.82 Å². The molecule has 140 valence electrons. The van der Waals surface area contributed by atoms with Crippen molar-refractivity contribution >= 4 is 11.8 Å². The summed E-state index contributed by atoms with van der Waals surface area (Å²) in [7, 11) is 4.04. The zero-order chi connectivity index (χ0) is 18.4. The second kappa shape index (κ2) is 8.99. The summed E-state index contributed by atoms with van der Waals surface area (Å²) in [5, 5.41) is 3.44. The van der Waals surface area contributed by atoms with Crippen LogP contribution in [0.5, 0.6) is 0 Å². The number of aromatic nitrogens is 2. The molecule has 1 aliphatic rings. The van der Waals surface area contributed by atoms with Gasteiger partial charge in [-0.05, 0) is 50.8 Å². The van der Waals surface area contributed by atoms with Crippen molar-refractivity contribution in [1.82, 2.24) is 14.9 Å². The number of nitrogens with zero attached hydrogens (tertiary/aromatic N) is 4. The predicted molar refractivity (Wildman–Crippen MR) is 109 cm³/mol. The van der Waals surface area contributed by atoms with E-state index < -0.39 is 0 Å². The van der Waals surface area contributed by atoms with Crippen LogP contribution in [0.15, 0.2) is 36.5 Å². The number of benzene rings is 1. The second-order valence-corrected chi connectivity index (χ2v) is 7.50. The summed E-state index contributed by atoms with van der Waals surface area (Å²) in [4.78, 5) is 13.7. The van der Waals surface area contributed by atoms with Crippen molar-refractivity contribution < 1.29 is 0 Å². The Balaban J connectivity index is 1.41. The van der Waals surface area contributed by atoms with Crippen molar-refractivity contribution in [3.05, 3.63) is 47.7 Å². The fourth-order valence-electron chi connectivity index (χ4n) is 3.55. The normalized spacial score (nSPS) is 15.8. The Hall–Kier alpha value is -2.14. The van der Waals surface area contributed by atoms with Gasteiger partial charge in [0.2, 0.25) is 5.95 Å². The molecular weight excluding hydrogens is 322 g/mol. The molecule has 0 amide bonds. The van der Waals surface area contributed by atoms with E-state index in [-0.39, 0.29) is 0 Å². The molecule has 2 heterocycles. The van der Waals surface area contributed by atoms with Crippen LogP contribution in [0.2, 0.25) is 0 Å². The Morgan fingerprint density at radius 1 is 1.15 bits per heavy atom. The van der Waals surface area contributed by atoms with Gasteiger partial charge in [-0.1, -0.05) is 30.3 Å². The number of hydrogen-bond acceptors (Lipinski definition) is 5. The van der Waals surface area contributed by atoms with Crippen LogP contribution in [0.3, 0.4) is 0 Å². The highest BCUT2D eigenvalue weighted by Crippen LogP contribution is 2.19. The third kappa shape index (κ3) is 5.18. The molecule has 1 aromatic carbocycles. The third-order valence-electron chi connectivity index (χ3n) is 5.18. The van der Waals surface area contributed by atoms with E-state index in [1.807, 2.05) is 32.1 Å². The van der Waals surface area contributed by atoms with Crippen LogP contribution < -0.4 is 10.2 Å². The Labute approximate surface area is 157 Å². The zero-order valence-electron chi connectivity index (χ0n) is 16.3. The van der Waals surface area contributed by atoms with Crippen molar-refractivity contribution in [3.8, 4) is 0 Å². The average Bonchev–Trinajstić information content (AvgIpc) is 2.67. The highest BCUT2D eigenvalue weighted by Gasteiger charge is 2.19. The van der Waals surface area contributed by atoms with E-state index in [9.17, 15) is 0 Å². The second-order valence-electron chi connectivity index (χ2n) is 7.50. The van der Waals surface area contributed by atoms with Crippen LogP contribution >= 0.6 is 0 Å². The van der Waals surface area contributed by atoms with Gasteiger partial charge in [0.05, 0.1) is 0 Å². The number of aryl methyl sites for hydroxylation is 1. The first-order chi connectivity index (χ1) is 12.6. The van der Waals surface area contributed by atoms with Gasteiger partial charge in [-0.25, -0.2) is 4.98 Å². The molecule has 0 spiro atoms. The number of hydrogen-bond donors (Lipinski definition) is 1. The fraction of sp³-hybridized carbons (Fsp3) is 0.524. The summed E-state index contributed by atoms with van der Waals surface area (Å²) in [6.07, 6.45) is 5.54. The molecular formula is C21H31N5. The van der Waals surface area contributed by atoms with E-state index in [0.29, 0.717) is 5.92 Å². The molecule has 5 heteroatoms. The number of nitrogens with one attached hydrogen (secondary N) is 1. The Morgan fingerprint density at radius 2 is 1.88 bits per heavy atom. The molecule has 0 atom stereocenters. The van der Waals surface area contributed by atoms with Crippen LogP contribution in [-0.4, -0.2) is 55.1 Å². The fourth-order valence-corrected chi connectivity index (χ4v) is 3.55. The molecule has 2 aromatic rings. The molecule has 1 N–H and O–H groups in total. The highest BCUT2D eigenvalue weighted by atomic mass is 15.2. The van der Waals surface area contributed by atoms with Crippen LogP contribution in [0.4, 0.5) is 11.8 Å². The lowest BCUT2D eigenvalue weighted by atomic mass is 9.96. The van der Waals surface area contributed by atoms with Gasteiger partial charge in [0.25, 0.3) is 0 Å². The van der Waals surface area contributed by atoms with E-state index >= 15 is 0 Å². The van der Waals surface area contributed by atoms with E-state index in [4.69, 9.17) is 0 Å². The van der Waals surface area contributed by atoms with Gasteiger partial charge < -0.3 is 15.1 Å². The summed E-state index contributed by atoms with van der Waals surface area (Å²) >= 11 is 0. The first-order valence-electron chi connectivity index (χ1n) is 9.63. The maximum atomic E-state index is 4.63. The van der Waals surface area contributed by atoms with E-state index in [1.165, 1.54) is 31.5 Å². The van der Waals surface area contributed by atoms with Crippen molar-refractivity contribution in [2.24, 2.45) is 5.92 Å². The molecule has 1 aliphatic heterocycles. The molecule has 26 heavy (non-hydrogen) atoms. The molecule has 0 aliphatic carbocycles. The molecule has 1 saturated heterocycles. The first-order valence-corrected chi connectivity index (χ1v) is 9.63. The maximum absolute atomic E-state index is 4.63. The molecule has 0 unspecified atom stereocenters. The summed E-state index contributed by atoms with van der Waals surface area (Å²) in [6, 6.07) is 10.8. The average molecular weight is 354 g/mol. The smallest absolute Gasteiger partial charge is 0.224 e. The minimum atomic E-state index is 0.704. The number of piperidine rings is 1. The summed E-state index contributed by atoms with van der Waals surface area (Å²) in [5.74, 6) is 2.43. The molecule has 5 nitrogen and oxygen atoms in total. The van der Waals surface area contributed by atoms with Gasteiger partial charge >= 0.3 is 0 Å². The lowest BCUT2D eigenvalue weighted by molar-refractivity contribution is 0.191. The van der Waals surface area contributed by atoms with E-state index in [0.717, 1.165) is 36.8 Å². The van der Waals surface area contributed by atoms with Gasteiger partial charge in [-0.3, -0.25) is 0 Å². The van der Waals surface area contributed by atoms with Crippen LogP contribution in [0.1, 0.15) is 24.0 Å². The molecule has 1 aromatic heterocycles. The highest BCUT2D eigenvalue weighted by molar-refractivity contribution is 5.47. The minimum absolute atomic E-state index is 0.704. The van der Waals surface area contributed by atoms with Crippen molar-refractivity contribution in [3.63, 3.8) is 0 Å². The number of rotatable bonds is 7. The van der Waals surface area contributed by atoms with E-state index in [2.05, 4.69) is 50.5 Å². The van der Waals surface area contributed by atoms with Gasteiger partial charge in [0, 0.05) is 38.9 Å². The Kier molecular flexibility index (Phi) is 6.45. The monoisotopic (exact) mass is 353 g/mol. The lowest BCUT2D eigenvalue weighted by Gasteiger charge is -2.32. The van der Waals surface area contributed by atoms with Gasteiger partial charge in [0.15, 0.2) is 0 Å². The van der Waals surface area contributed by atoms with Crippen molar-refractivity contribution in [1.29, 1.82) is 0 Å². The molecule has 0 bridgehead atoms. The van der Waals surface area contributed by atoms with Gasteiger partial charge in [-0.15, -0.1) is 0 Å². The standard InChI is InChI=1S/C21H31N5/c1-17-15-22-21(24-20(17)25(2)3)23-16-19-10-13-26(14-11-19)12-9-18-7-5-4-6-8-18/h4-8,15,19H,9-14,16H2,1-3H3,(H,22,23,24). The Morgan fingerprint density at radius 3 is 2.58 bits per heavy atom. The number of likely N-dealkylation sites (tertiary alicyclic amines) is 1. The quantitative estimate of drug-likeness (QED) is 0.828. The third-order valence-corrected chi connectivity index (χ3v) is 5.18. The Bertz CT molecular complexity index is 678. The molecule has 0 saturated carbocycles.